The maximum Gasteiger partial charge on any atom is 0.0562 e. The third-order valence-electron chi connectivity index (χ3n) is 6.39. The Morgan fingerprint density at radius 2 is 1.38 bits per heavy atom. The lowest BCUT2D eigenvalue weighted by molar-refractivity contribution is 0.639. The first-order valence-corrected chi connectivity index (χ1v) is 10.1. The number of hydrogen-bond donors (Lipinski definition) is 1. The first-order chi connectivity index (χ1) is 14.2. The molecule has 5 aromatic rings. The standard InChI is InChI=1S/C27H22N2/c1-27(2)20-13-7-8-14-22(20)28-26-21(27)16-17-24-25(26)19-12-6-9-15-23(19)29(24)18-10-4-3-5-11-18/h3-17,28H,1-2H3. The van der Waals surface area contributed by atoms with Crippen molar-refractivity contribution in [3.63, 3.8) is 0 Å². The second-order valence-electron chi connectivity index (χ2n) is 8.37. The van der Waals surface area contributed by atoms with Crippen LogP contribution in [0.25, 0.3) is 27.5 Å². The zero-order valence-corrected chi connectivity index (χ0v) is 16.6. The molecule has 0 atom stereocenters. The van der Waals surface area contributed by atoms with E-state index in [1.54, 1.807) is 0 Å². The van der Waals surface area contributed by atoms with Crippen LogP contribution in [0.15, 0.2) is 91.0 Å². The average Bonchev–Trinajstić information content (AvgIpc) is 3.09. The van der Waals surface area contributed by atoms with Crippen LogP contribution in [0.1, 0.15) is 25.0 Å². The van der Waals surface area contributed by atoms with Crippen molar-refractivity contribution in [2.75, 3.05) is 5.32 Å². The summed E-state index contributed by atoms with van der Waals surface area (Å²) < 4.78 is 2.38. The molecular weight excluding hydrogens is 352 g/mol. The Morgan fingerprint density at radius 3 is 2.24 bits per heavy atom. The third kappa shape index (κ3) is 2.17. The van der Waals surface area contributed by atoms with Gasteiger partial charge in [-0.05, 0) is 41.5 Å². The Balaban J connectivity index is 1.76. The van der Waals surface area contributed by atoms with Gasteiger partial charge in [0.1, 0.15) is 0 Å². The summed E-state index contributed by atoms with van der Waals surface area (Å²) in [6.45, 7) is 4.65. The van der Waals surface area contributed by atoms with Crippen LogP contribution < -0.4 is 5.32 Å². The molecule has 0 aliphatic carbocycles. The topological polar surface area (TPSA) is 17.0 Å². The molecule has 29 heavy (non-hydrogen) atoms. The number of para-hydroxylation sites is 3. The summed E-state index contributed by atoms with van der Waals surface area (Å²) in [6.07, 6.45) is 0. The molecule has 0 saturated heterocycles. The zero-order chi connectivity index (χ0) is 19.6. The Labute approximate surface area is 170 Å². The van der Waals surface area contributed by atoms with E-state index in [0.29, 0.717) is 0 Å². The first kappa shape index (κ1) is 16.4. The van der Waals surface area contributed by atoms with Gasteiger partial charge in [-0.3, -0.25) is 0 Å². The first-order valence-electron chi connectivity index (χ1n) is 10.1. The van der Waals surface area contributed by atoms with Crippen LogP contribution in [-0.2, 0) is 5.41 Å². The lowest BCUT2D eigenvalue weighted by Crippen LogP contribution is -2.25. The van der Waals surface area contributed by atoms with E-state index in [0.717, 1.165) is 0 Å². The highest BCUT2D eigenvalue weighted by Gasteiger charge is 2.34. The van der Waals surface area contributed by atoms with Crippen molar-refractivity contribution in [1.29, 1.82) is 0 Å². The van der Waals surface area contributed by atoms with Crippen LogP contribution in [0.2, 0.25) is 0 Å². The van der Waals surface area contributed by atoms with Crippen molar-refractivity contribution in [3.05, 3.63) is 102 Å². The highest BCUT2D eigenvalue weighted by molar-refractivity contribution is 6.16. The maximum atomic E-state index is 3.78. The van der Waals surface area contributed by atoms with Gasteiger partial charge in [0.05, 0.1) is 16.7 Å². The van der Waals surface area contributed by atoms with Gasteiger partial charge in [-0.15, -0.1) is 0 Å². The van der Waals surface area contributed by atoms with Gasteiger partial charge in [0, 0.05) is 27.6 Å². The molecule has 0 radical (unpaired) electrons. The van der Waals surface area contributed by atoms with E-state index >= 15 is 0 Å². The second-order valence-corrected chi connectivity index (χ2v) is 8.37. The molecule has 6 rings (SSSR count). The smallest absolute Gasteiger partial charge is 0.0562 e. The molecule has 2 heterocycles. The van der Waals surface area contributed by atoms with E-state index in [9.17, 15) is 0 Å². The summed E-state index contributed by atoms with van der Waals surface area (Å²) >= 11 is 0. The highest BCUT2D eigenvalue weighted by atomic mass is 15.0. The fourth-order valence-corrected chi connectivity index (χ4v) is 4.98. The summed E-state index contributed by atoms with van der Waals surface area (Å²) in [5.41, 5.74) is 8.74. The Bertz CT molecular complexity index is 1390. The molecule has 0 spiro atoms. The van der Waals surface area contributed by atoms with Gasteiger partial charge in [-0.25, -0.2) is 0 Å². The maximum absolute atomic E-state index is 3.78. The van der Waals surface area contributed by atoms with Gasteiger partial charge in [-0.1, -0.05) is 74.5 Å². The molecule has 4 aromatic carbocycles. The van der Waals surface area contributed by atoms with Crippen LogP contribution in [-0.4, -0.2) is 4.57 Å². The summed E-state index contributed by atoms with van der Waals surface area (Å²) in [6, 6.07) is 32.6. The van der Waals surface area contributed by atoms with Crippen LogP contribution in [0.5, 0.6) is 0 Å². The van der Waals surface area contributed by atoms with Crippen molar-refractivity contribution in [3.8, 4) is 5.69 Å². The van der Waals surface area contributed by atoms with E-state index in [4.69, 9.17) is 0 Å². The van der Waals surface area contributed by atoms with Crippen LogP contribution in [0.3, 0.4) is 0 Å². The summed E-state index contributed by atoms with van der Waals surface area (Å²) in [5, 5.41) is 6.36. The van der Waals surface area contributed by atoms with Crippen molar-refractivity contribution in [2.24, 2.45) is 0 Å². The fraction of sp³-hybridized carbons (Fsp3) is 0.111. The monoisotopic (exact) mass is 374 g/mol. The lowest BCUT2D eigenvalue weighted by atomic mass is 9.74. The summed E-state index contributed by atoms with van der Waals surface area (Å²) in [5.74, 6) is 0. The molecule has 0 bridgehead atoms. The number of rotatable bonds is 1. The molecule has 0 unspecified atom stereocenters. The van der Waals surface area contributed by atoms with Gasteiger partial charge in [0.25, 0.3) is 0 Å². The summed E-state index contributed by atoms with van der Waals surface area (Å²) in [7, 11) is 0. The number of fused-ring (bicyclic) bond motifs is 6. The van der Waals surface area contributed by atoms with Gasteiger partial charge >= 0.3 is 0 Å². The van der Waals surface area contributed by atoms with E-state index in [2.05, 4.69) is 115 Å². The average molecular weight is 374 g/mol. The van der Waals surface area contributed by atoms with E-state index in [1.165, 1.54) is 50.0 Å². The normalized spacial score (nSPS) is 14.4. The fourth-order valence-electron chi connectivity index (χ4n) is 4.98. The minimum Gasteiger partial charge on any atom is -0.354 e. The van der Waals surface area contributed by atoms with Gasteiger partial charge in [0.2, 0.25) is 0 Å². The molecule has 0 saturated carbocycles. The molecule has 0 amide bonds. The largest absolute Gasteiger partial charge is 0.354 e. The van der Waals surface area contributed by atoms with Gasteiger partial charge in [-0.2, -0.15) is 0 Å². The Kier molecular flexibility index (Phi) is 3.25. The van der Waals surface area contributed by atoms with E-state index in [-0.39, 0.29) is 5.41 Å². The number of benzene rings is 4. The van der Waals surface area contributed by atoms with Crippen molar-refractivity contribution >= 4 is 33.2 Å². The second kappa shape index (κ2) is 5.74. The van der Waals surface area contributed by atoms with Crippen LogP contribution >= 0.6 is 0 Å². The highest BCUT2D eigenvalue weighted by Crippen LogP contribution is 2.49. The molecular formula is C27H22N2. The molecule has 2 nitrogen and oxygen atoms in total. The molecule has 2 heteroatoms. The third-order valence-corrected chi connectivity index (χ3v) is 6.39. The minimum atomic E-state index is -0.0542. The van der Waals surface area contributed by atoms with Crippen LogP contribution in [0, 0.1) is 0 Å². The zero-order valence-electron chi connectivity index (χ0n) is 16.6. The van der Waals surface area contributed by atoms with E-state index in [1.807, 2.05) is 0 Å². The van der Waals surface area contributed by atoms with Crippen LogP contribution in [0.4, 0.5) is 11.4 Å². The Morgan fingerprint density at radius 1 is 0.655 bits per heavy atom. The van der Waals surface area contributed by atoms with Gasteiger partial charge in [0.15, 0.2) is 0 Å². The van der Waals surface area contributed by atoms with E-state index < -0.39 is 0 Å². The number of aromatic nitrogens is 1. The lowest BCUT2D eigenvalue weighted by Gasteiger charge is -2.36. The van der Waals surface area contributed by atoms with Crippen molar-refractivity contribution in [2.45, 2.75) is 19.3 Å². The van der Waals surface area contributed by atoms with Crippen molar-refractivity contribution in [1.82, 2.24) is 4.57 Å². The number of anilines is 2. The number of hydrogen-bond acceptors (Lipinski definition) is 1. The molecule has 1 aliphatic rings. The molecule has 0 fully saturated rings. The molecule has 140 valence electrons. The van der Waals surface area contributed by atoms with Gasteiger partial charge < -0.3 is 9.88 Å². The van der Waals surface area contributed by atoms with Crippen molar-refractivity contribution < 1.29 is 0 Å². The summed E-state index contributed by atoms with van der Waals surface area (Å²) in [4.78, 5) is 0. The molecule has 1 N–H and O–H groups in total. The predicted molar refractivity (Wildman–Crippen MR) is 123 cm³/mol. The molecule has 1 aromatic heterocycles. The minimum absolute atomic E-state index is 0.0542. The Hall–Kier alpha value is -3.52. The number of nitrogens with one attached hydrogen (secondary N) is 1. The SMILES string of the molecule is CC1(C)c2ccccc2Nc2c1ccc1c2c2ccccc2n1-c1ccccc1. The predicted octanol–water partition coefficient (Wildman–Crippen LogP) is 7.17. The molecule has 1 aliphatic heterocycles. The quantitative estimate of drug-likeness (QED) is 0.329. The number of nitrogens with zero attached hydrogens (tertiary/aromatic N) is 1.